The molecule has 4 heteroatoms. The molecule has 0 bridgehead atoms. The van der Waals surface area contributed by atoms with Crippen LogP contribution in [0.5, 0.6) is 0 Å². The van der Waals surface area contributed by atoms with E-state index in [1.165, 1.54) is 0 Å². The fourth-order valence-electron chi connectivity index (χ4n) is 1.19. The summed E-state index contributed by atoms with van der Waals surface area (Å²) in [6.07, 6.45) is 3.38. The summed E-state index contributed by atoms with van der Waals surface area (Å²) < 4.78 is 5.17. The Hall–Kier alpha value is -1.22. The Kier molecular flexibility index (Phi) is 2.10. The van der Waals surface area contributed by atoms with Gasteiger partial charge in [0.05, 0.1) is 17.7 Å². The number of imidazole rings is 1. The molecule has 0 amide bonds. The van der Waals surface area contributed by atoms with Gasteiger partial charge in [0.1, 0.15) is 11.6 Å². The molecule has 0 fully saturated rings. The SMILES string of the molecule is Cc1occc1-c1ncc(CCl)[nH]1. The second kappa shape index (κ2) is 3.26. The van der Waals surface area contributed by atoms with Crippen molar-refractivity contribution in [3.8, 4) is 11.4 Å². The van der Waals surface area contributed by atoms with E-state index in [2.05, 4.69) is 9.97 Å². The van der Waals surface area contributed by atoms with E-state index in [1.54, 1.807) is 12.5 Å². The lowest BCUT2D eigenvalue weighted by Crippen LogP contribution is -1.80. The Bertz CT molecular complexity index is 405. The zero-order valence-corrected chi connectivity index (χ0v) is 7.93. The second-order valence-corrected chi connectivity index (χ2v) is 3.05. The summed E-state index contributed by atoms with van der Waals surface area (Å²) in [6, 6.07) is 1.88. The lowest BCUT2D eigenvalue weighted by Gasteiger charge is -1.91. The van der Waals surface area contributed by atoms with Gasteiger partial charge in [0, 0.05) is 11.9 Å². The van der Waals surface area contributed by atoms with Crippen molar-refractivity contribution in [2.45, 2.75) is 12.8 Å². The summed E-state index contributed by atoms with van der Waals surface area (Å²) in [5.74, 6) is 2.11. The number of rotatable bonds is 2. The van der Waals surface area contributed by atoms with Gasteiger partial charge in [0.25, 0.3) is 0 Å². The van der Waals surface area contributed by atoms with Gasteiger partial charge < -0.3 is 9.40 Å². The molecule has 0 spiro atoms. The number of nitrogens with zero attached hydrogens (tertiary/aromatic N) is 1. The molecule has 0 aliphatic carbocycles. The van der Waals surface area contributed by atoms with Crippen molar-refractivity contribution < 1.29 is 4.42 Å². The second-order valence-electron chi connectivity index (χ2n) is 2.78. The maximum absolute atomic E-state index is 5.65. The molecule has 1 N–H and O–H groups in total. The van der Waals surface area contributed by atoms with Gasteiger partial charge in [-0.15, -0.1) is 11.6 Å². The number of aromatic amines is 1. The van der Waals surface area contributed by atoms with Crippen LogP contribution in [0.3, 0.4) is 0 Å². The Labute approximate surface area is 80.7 Å². The summed E-state index contributed by atoms with van der Waals surface area (Å²) in [7, 11) is 0. The third-order valence-corrected chi connectivity index (χ3v) is 2.17. The monoisotopic (exact) mass is 196 g/mol. The van der Waals surface area contributed by atoms with E-state index in [0.717, 1.165) is 22.8 Å². The van der Waals surface area contributed by atoms with Crippen LogP contribution in [0, 0.1) is 6.92 Å². The van der Waals surface area contributed by atoms with Crippen LogP contribution in [-0.4, -0.2) is 9.97 Å². The van der Waals surface area contributed by atoms with Gasteiger partial charge in [0.2, 0.25) is 0 Å². The summed E-state index contributed by atoms with van der Waals surface area (Å²) in [4.78, 5) is 7.29. The molecule has 0 saturated heterocycles. The number of aromatic nitrogens is 2. The van der Waals surface area contributed by atoms with E-state index in [0.29, 0.717) is 5.88 Å². The summed E-state index contributed by atoms with van der Waals surface area (Å²) in [6.45, 7) is 1.90. The number of H-pyrrole nitrogens is 1. The largest absolute Gasteiger partial charge is 0.469 e. The van der Waals surface area contributed by atoms with Gasteiger partial charge in [-0.3, -0.25) is 0 Å². The van der Waals surface area contributed by atoms with Crippen molar-refractivity contribution in [3.05, 3.63) is 30.0 Å². The van der Waals surface area contributed by atoms with Crippen molar-refractivity contribution in [3.63, 3.8) is 0 Å². The highest BCUT2D eigenvalue weighted by atomic mass is 35.5. The van der Waals surface area contributed by atoms with Crippen LogP contribution in [0.1, 0.15) is 11.5 Å². The molecule has 3 nitrogen and oxygen atoms in total. The highest BCUT2D eigenvalue weighted by Gasteiger charge is 2.07. The third-order valence-electron chi connectivity index (χ3n) is 1.89. The maximum Gasteiger partial charge on any atom is 0.141 e. The number of hydrogen-bond acceptors (Lipinski definition) is 2. The van der Waals surface area contributed by atoms with Gasteiger partial charge in [-0.05, 0) is 13.0 Å². The van der Waals surface area contributed by atoms with Crippen molar-refractivity contribution in [1.82, 2.24) is 9.97 Å². The van der Waals surface area contributed by atoms with Crippen molar-refractivity contribution >= 4 is 11.6 Å². The summed E-state index contributed by atoms with van der Waals surface area (Å²) in [5.41, 5.74) is 1.90. The Balaban J connectivity index is 2.41. The molecule has 0 atom stereocenters. The van der Waals surface area contributed by atoms with Crippen LogP contribution in [0.25, 0.3) is 11.4 Å². The van der Waals surface area contributed by atoms with E-state index < -0.39 is 0 Å². The highest BCUT2D eigenvalue weighted by molar-refractivity contribution is 6.16. The number of halogens is 1. The average molecular weight is 197 g/mol. The van der Waals surface area contributed by atoms with E-state index >= 15 is 0 Å². The minimum absolute atomic E-state index is 0.448. The third kappa shape index (κ3) is 1.47. The van der Waals surface area contributed by atoms with Gasteiger partial charge in [-0.25, -0.2) is 4.98 Å². The summed E-state index contributed by atoms with van der Waals surface area (Å²) in [5, 5.41) is 0. The van der Waals surface area contributed by atoms with Crippen molar-refractivity contribution in [2.75, 3.05) is 0 Å². The first-order valence-corrected chi connectivity index (χ1v) is 4.49. The molecular formula is C9H9ClN2O. The molecule has 0 aromatic carbocycles. The predicted molar refractivity (Wildman–Crippen MR) is 50.6 cm³/mol. The van der Waals surface area contributed by atoms with E-state index in [9.17, 15) is 0 Å². The van der Waals surface area contributed by atoms with Gasteiger partial charge >= 0.3 is 0 Å². The van der Waals surface area contributed by atoms with Crippen LogP contribution < -0.4 is 0 Å². The molecule has 68 valence electrons. The predicted octanol–water partition coefficient (Wildman–Crippen LogP) is 2.72. The smallest absolute Gasteiger partial charge is 0.141 e. The zero-order chi connectivity index (χ0) is 9.26. The first-order valence-electron chi connectivity index (χ1n) is 3.95. The van der Waals surface area contributed by atoms with E-state index in [4.69, 9.17) is 16.0 Å². The molecule has 2 aromatic heterocycles. The Morgan fingerprint density at radius 3 is 3.00 bits per heavy atom. The molecule has 13 heavy (non-hydrogen) atoms. The number of furan rings is 1. The number of alkyl halides is 1. The minimum Gasteiger partial charge on any atom is -0.469 e. The van der Waals surface area contributed by atoms with E-state index in [1.807, 2.05) is 13.0 Å². The standard InChI is InChI=1S/C9H9ClN2O/c1-6-8(2-3-13-6)9-11-5-7(4-10)12-9/h2-3,5H,4H2,1H3,(H,11,12). The Morgan fingerprint density at radius 1 is 1.62 bits per heavy atom. The molecule has 0 radical (unpaired) electrons. The van der Waals surface area contributed by atoms with Crippen LogP contribution in [0.15, 0.2) is 22.9 Å². The van der Waals surface area contributed by atoms with Crippen molar-refractivity contribution in [1.29, 1.82) is 0 Å². The fraction of sp³-hybridized carbons (Fsp3) is 0.222. The molecule has 2 heterocycles. The number of aryl methyl sites for hydroxylation is 1. The van der Waals surface area contributed by atoms with E-state index in [-0.39, 0.29) is 0 Å². The van der Waals surface area contributed by atoms with Crippen LogP contribution >= 0.6 is 11.6 Å². The normalized spacial score (nSPS) is 10.6. The quantitative estimate of drug-likeness (QED) is 0.751. The minimum atomic E-state index is 0.448. The molecule has 2 aromatic rings. The molecule has 0 aliphatic rings. The molecule has 2 rings (SSSR count). The van der Waals surface area contributed by atoms with Crippen LogP contribution in [0.4, 0.5) is 0 Å². The van der Waals surface area contributed by atoms with Crippen LogP contribution in [0.2, 0.25) is 0 Å². The molecule has 0 aliphatic heterocycles. The lowest BCUT2D eigenvalue weighted by molar-refractivity contribution is 0.535. The first-order chi connectivity index (χ1) is 6.31. The Morgan fingerprint density at radius 2 is 2.46 bits per heavy atom. The van der Waals surface area contributed by atoms with Gasteiger partial charge in [-0.2, -0.15) is 0 Å². The average Bonchev–Trinajstić information content (AvgIpc) is 2.71. The highest BCUT2D eigenvalue weighted by Crippen LogP contribution is 2.21. The van der Waals surface area contributed by atoms with Crippen LogP contribution in [-0.2, 0) is 5.88 Å². The zero-order valence-electron chi connectivity index (χ0n) is 7.17. The summed E-state index contributed by atoms with van der Waals surface area (Å²) >= 11 is 5.65. The maximum atomic E-state index is 5.65. The molecule has 0 unspecified atom stereocenters. The first kappa shape index (κ1) is 8.38. The molecule has 0 saturated carbocycles. The fourth-order valence-corrected chi connectivity index (χ4v) is 1.33. The van der Waals surface area contributed by atoms with Gasteiger partial charge in [-0.1, -0.05) is 0 Å². The van der Waals surface area contributed by atoms with Gasteiger partial charge in [0.15, 0.2) is 0 Å². The topological polar surface area (TPSA) is 41.8 Å². The lowest BCUT2D eigenvalue weighted by atomic mass is 10.2. The number of hydrogen-bond donors (Lipinski definition) is 1. The van der Waals surface area contributed by atoms with Crippen molar-refractivity contribution in [2.24, 2.45) is 0 Å². The molecular weight excluding hydrogens is 188 g/mol. The number of nitrogens with one attached hydrogen (secondary N) is 1.